The number of benzene rings is 1. The Kier molecular flexibility index (Phi) is 11.1. The molecule has 1 aromatic heterocycles. The number of alkyl carbamates (subject to hydrolysis) is 1. The third kappa shape index (κ3) is 10.7. The summed E-state index contributed by atoms with van der Waals surface area (Å²) < 4.78 is 47.7. The third-order valence-electron chi connectivity index (χ3n) is 7.87. The molecule has 0 saturated heterocycles. The Bertz CT molecular complexity index is 1280. The fourth-order valence-electron chi connectivity index (χ4n) is 5.72. The van der Waals surface area contributed by atoms with Gasteiger partial charge in [0.05, 0.1) is 6.20 Å². The highest BCUT2D eigenvalue weighted by atomic mass is 19.4. The average Bonchev–Trinajstić information content (AvgIpc) is 2.95. The zero-order chi connectivity index (χ0) is 31.7. The molecule has 2 fully saturated rings. The zero-order valence-corrected chi connectivity index (χ0v) is 25.5. The quantitative estimate of drug-likeness (QED) is 0.244. The van der Waals surface area contributed by atoms with Gasteiger partial charge in [0.15, 0.2) is 0 Å². The molecule has 0 unspecified atom stereocenters. The maximum atomic E-state index is 12.7. The molecule has 1 amide bonds. The van der Waals surface area contributed by atoms with Gasteiger partial charge < -0.3 is 30.7 Å². The van der Waals surface area contributed by atoms with E-state index in [2.05, 4.69) is 42.0 Å². The number of halogens is 3. The number of hydrogen-bond acceptors (Lipinski definition) is 9. The number of aromatic nitrogens is 2. The highest BCUT2D eigenvalue weighted by molar-refractivity contribution is 5.68. The molecule has 2 aliphatic carbocycles. The minimum atomic E-state index is -4.80. The Morgan fingerprint density at radius 3 is 2.25 bits per heavy atom. The van der Waals surface area contributed by atoms with E-state index >= 15 is 0 Å². The van der Waals surface area contributed by atoms with Crippen LogP contribution in [0.4, 0.5) is 29.7 Å². The molecule has 0 spiro atoms. The number of nitrogens with zero attached hydrogens (tertiary/aromatic N) is 3. The van der Waals surface area contributed by atoms with Crippen LogP contribution in [0.15, 0.2) is 30.5 Å². The van der Waals surface area contributed by atoms with Crippen LogP contribution in [0.1, 0.15) is 83.3 Å². The predicted molar refractivity (Wildman–Crippen MR) is 160 cm³/mol. The zero-order valence-electron chi connectivity index (χ0n) is 25.5. The van der Waals surface area contributed by atoms with E-state index in [0.717, 1.165) is 51.4 Å². The van der Waals surface area contributed by atoms with E-state index in [4.69, 9.17) is 4.74 Å². The molecule has 0 radical (unpaired) electrons. The van der Waals surface area contributed by atoms with Gasteiger partial charge in [0.1, 0.15) is 28.8 Å². The van der Waals surface area contributed by atoms with Crippen molar-refractivity contribution in [2.24, 2.45) is 5.92 Å². The van der Waals surface area contributed by atoms with Crippen LogP contribution in [0.3, 0.4) is 0 Å². The second kappa shape index (κ2) is 14.8. The van der Waals surface area contributed by atoms with Gasteiger partial charge in [-0.25, -0.2) is 9.78 Å². The number of anilines is 2. The van der Waals surface area contributed by atoms with Crippen LogP contribution in [0.25, 0.3) is 0 Å². The van der Waals surface area contributed by atoms with Crippen LogP contribution >= 0.6 is 0 Å². The molecule has 2 saturated carbocycles. The summed E-state index contributed by atoms with van der Waals surface area (Å²) in [5.41, 5.74) is 0.0879. The fraction of sp³-hybridized carbons (Fsp3) is 0.613. The van der Waals surface area contributed by atoms with E-state index in [9.17, 15) is 23.2 Å². The smallest absolute Gasteiger partial charge is 0.444 e. The fourth-order valence-corrected chi connectivity index (χ4v) is 5.72. The van der Waals surface area contributed by atoms with Crippen molar-refractivity contribution in [1.82, 2.24) is 20.6 Å². The van der Waals surface area contributed by atoms with E-state index in [1.807, 2.05) is 20.8 Å². The van der Waals surface area contributed by atoms with Gasteiger partial charge in [-0.15, -0.1) is 13.2 Å². The van der Waals surface area contributed by atoms with Gasteiger partial charge in [-0.05, 0) is 84.1 Å². The maximum absolute atomic E-state index is 12.7. The monoisotopic (exact) mass is 617 g/mol. The lowest BCUT2D eigenvalue weighted by Gasteiger charge is -2.35. The largest absolute Gasteiger partial charge is 0.573 e. The highest BCUT2D eigenvalue weighted by Gasteiger charge is 2.32. The predicted octanol–water partition coefficient (Wildman–Crippen LogP) is 6.26. The van der Waals surface area contributed by atoms with Gasteiger partial charge in [-0.1, -0.05) is 18.2 Å². The summed E-state index contributed by atoms with van der Waals surface area (Å²) in [6, 6.07) is 9.01. The summed E-state index contributed by atoms with van der Waals surface area (Å²) in [7, 11) is 0. The molecule has 0 atom stereocenters. The van der Waals surface area contributed by atoms with Crippen molar-refractivity contribution < 1.29 is 27.4 Å². The van der Waals surface area contributed by atoms with Crippen LogP contribution in [0.2, 0.25) is 0 Å². The molecule has 10 nitrogen and oxygen atoms in total. The number of nitrogens with one attached hydrogen (secondary N) is 4. The van der Waals surface area contributed by atoms with Crippen molar-refractivity contribution in [1.29, 1.82) is 5.26 Å². The standard InChI is InChI=1S/C31H42F3N7O3/c1-30(2,3)44-29(42)40-25-14-12-24(13-15-25)39-23-10-8-20(9-11-23)17-36-27-22(16-35)19-38-28(41-27)37-18-21-6-4-5-7-26(21)43-31(32,33)34/h4-7,19-20,23-25,39H,8-15,17-18H2,1-3H3,(H,40,42)(H2,36,37,38,41). The van der Waals surface area contributed by atoms with Crippen molar-refractivity contribution in [3.63, 3.8) is 0 Å². The number of carbonyl (C=O) groups excluding carboxylic acids is 1. The van der Waals surface area contributed by atoms with Gasteiger partial charge in [0, 0.05) is 36.8 Å². The second-order valence-corrected chi connectivity index (χ2v) is 12.5. The van der Waals surface area contributed by atoms with Gasteiger partial charge in [0.25, 0.3) is 0 Å². The molecule has 4 N–H and O–H groups in total. The first-order valence-corrected chi connectivity index (χ1v) is 15.2. The Morgan fingerprint density at radius 1 is 0.977 bits per heavy atom. The molecule has 0 aliphatic heterocycles. The van der Waals surface area contributed by atoms with Crippen LogP contribution in [-0.4, -0.2) is 52.7 Å². The molecule has 2 aromatic rings. The van der Waals surface area contributed by atoms with Gasteiger partial charge >= 0.3 is 12.5 Å². The van der Waals surface area contributed by atoms with E-state index in [1.54, 1.807) is 6.07 Å². The summed E-state index contributed by atoms with van der Waals surface area (Å²) >= 11 is 0. The van der Waals surface area contributed by atoms with E-state index in [1.165, 1.54) is 24.4 Å². The maximum Gasteiger partial charge on any atom is 0.573 e. The van der Waals surface area contributed by atoms with Crippen molar-refractivity contribution in [2.45, 2.75) is 109 Å². The van der Waals surface area contributed by atoms with Gasteiger partial charge in [-0.3, -0.25) is 0 Å². The molecule has 2 aliphatic rings. The minimum Gasteiger partial charge on any atom is -0.444 e. The first kappa shape index (κ1) is 33.1. The highest BCUT2D eigenvalue weighted by Crippen LogP contribution is 2.29. The Labute approximate surface area is 256 Å². The minimum absolute atomic E-state index is 0.0104. The molecule has 13 heteroatoms. The van der Waals surface area contributed by atoms with Crippen LogP contribution in [0, 0.1) is 17.2 Å². The summed E-state index contributed by atoms with van der Waals surface area (Å²) in [5, 5.41) is 22.6. The number of hydrogen-bond donors (Lipinski definition) is 4. The number of carbonyl (C=O) groups is 1. The Balaban J connectivity index is 1.20. The first-order valence-electron chi connectivity index (χ1n) is 15.2. The summed E-state index contributed by atoms with van der Waals surface area (Å²) in [6.07, 6.45) is 4.34. The number of ether oxygens (including phenoxy) is 2. The van der Waals surface area contributed by atoms with E-state index < -0.39 is 12.0 Å². The Morgan fingerprint density at radius 2 is 1.61 bits per heavy atom. The normalized spacial score (nSPS) is 22.4. The molecular weight excluding hydrogens is 575 g/mol. The van der Waals surface area contributed by atoms with Crippen LogP contribution in [0.5, 0.6) is 5.75 Å². The van der Waals surface area contributed by atoms with Crippen molar-refractivity contribution in [3.8, 4) is 11.8 Å². The lowest BCUT2D eigenvalue weighted by molar-refractivity contribution is -0.274. The topological polar surface area (TPSA) is 133 Å². The molecule has 1 heterocycles. The summed E-state index contributed by atoms with van der Waals surface area (Å²) in [4.78, 5) is 20.6. The molecule has 1 aromatic carbocycles. The Hall–Kier alpha value is -3.79. The molecular formula is C31H42F3N7O3. The SMILES string of the molecule is CC(C)(C)OC(=O)NC1CCC(NC2CCC(CNc3nc(NCc4ccccc4OC(F)(F)F)ncc3C#N)CC2)CC1. The lowest BCUT2D eigenvalue weighted by Crippen LogP contribution is -2.47. The number of rotatable bonds is 10. The van der Waals surface area contributed by atoms with Gasteiger partial charge in [0.2, 0.25) is 5.95 Å². The first-order chi connectivity index (χ1) is 20.9. The average molecular weight is 618 g/mol. The van der Waals surface area contributed by atoms with Gasteiger partial charge in [-0.2, -0.15) is 10.2 Å². The second-order valence-electron chi connectivity index (χ2n) is 12.5. The summed E-state index contributed by atoms with van der Waals surface area (Å²) in [5.74, 6) is 0.706. The number of alkyl halides is 3. The lowest BCUT2D eigenvalue weighted by atomic mass is 9.84. The van der Waals surface area contributed by atoms with Crippen LogP contribution < -0.4 is 26.0 Å². The summed E-state index contributed by atoms with van der Waals surface area (Å²) in [6.45, 7) is 6.25. The number of amides is 1. The van der Waals surface area contributed by atoms with E-state index in [-0.39, 0.29) is 30.4 Å². The van der Waals surface area contributed by atoms with Crippen LogP contribution in [-0.2, 0) is 11.3 Å². The third-order valence-corrected chi connectivity index (χ3v) is 7.87. The van der Waals surface area contributed by atoms with Crippen molar-refractivity contribution >= 4 is 17.9 Å². The molecule has 4 rings (SSSR count). The number of nitriles is 1. The molecule has 0 bridgehead atoms. The van der Waals surface area contributed by atoms with Crippen molar-refractivity contribution in [2.75, 3.05) is 17.2 Å². The van der Waals surface area contributed by atoms with Crippen molar-refractivity contribution in [3.05, 3.63) is 41.6 Å². The van der Waals surface area contributed by atoms with E-state index in [0.29, 0.717) is 41.5 Å². The molecule has 240 valence electrons. The number of para-hydroxylation sites is 1. The molecule has 44 heavy (non-hydrogen) atoms.